The van der Waals surface area contributed by atoms with Crippen LogP contribution in [0.3, 0.4) is 0 Å². The Hall–Kier alpha value is -0.890. The molecule has 1 unspecified atom stereocenters. The summed E-state index contributed by atoms with van der Waals surface area (Å²) < 4.78 is 25.3. The molecule has 1 atom stereocenters. The first-order valence-electron chi connectivity index (χ1n) is 3.13. The first kappa shape index (κ1) is 9.20. The molecular formula is C7H6F2NOP. The van der Waals surface area contributed by atoms with Gasteiger partial charge in [0, 0.05) is 6.20 Å². The molecule has 0 aliphatic carbocycles. The lowest BCUT2D eigenvalue weighted by Crippen LogP contribution is -2.07. The van der Waals surface area contributed by atoms with E-state index < -0.39 is 5.66 Å². The molecule has 0 fully saturated rings. The van der Waals surface area contributed by atoms with E-state index in [4.69, 9.17) is 0 Å². The van der Waals surface area contributed by atoms with Gasteiger partial charge in [-0.05, 0) is 12.1 Å². The fourth-order valence-electron chi connectivity index (χ4n) is 0.793. The van der Waals surface area contributed by atoms with Crippen molar-refractivity contribution in [2.24, 2.45) is 0 Å². The summed E-state index contributed by atoms with van der Waals surface area (Å²) >= 11 is 0. The van der Waals surface area contributed by atoms with Crippen molar-refractivity contribution in [1.82, 2.24) is 4.98 Å². The van der Waals surface area contributed by atoms with Crippen LogP contribution in [0.2, 0.25) is 0 Å². The van der Waals surface area contributed by atoms with Crippen LogP contribution in [0.25, 0.3) is 0 Å². The topological polar surface area (TPSA) is 30.0 Å². The number of rotatable bonds is 2. The smallest absolute Gasteiger partial charge is 0.286 e. The first-order valence-corrected chi connectivity index (χ1v) is 3.71. The molecule has 0 saturated heterocycles. The molecule has 0 aromatic carbocycles. The second-order valence-corrected chi connectivity index (χ2v) is 2.90. The molecule has 1 aromatic heterocycles. The molecule has 0 aliphatic heterocycles. The minimum absolute atomic E-state index is 0.225. The molecule has 0 bridgehead atoms. The predicted octanol–water partition coefficient (Wildman–Crippen LogP) is 1.82. The van der Waals surface area contributed by atoms with E-state index in [0.29, 0.717) is 6.29 Å². The number of hydrogen-bond donors (Lipinski definition) is 0. The SMILES string of the molecule is O=Cc1ncccc1C(F)(F)P. The summed E-state index contributed by atoms with van der Waals surface area (Å²) in [6.07, 6.45) is 1.61. The summed E-state index contributed by atoms with van der Waals surface area (Å²) in [6, 6.07) is 2.53. The minimum atomic E-state index is -3.09. The fourth-order valence-corrected chi connectivity index (χ4v) is 1.04. The quantitative estimate of drug-likeness (QED) is 0.524. The third-order valence-corrected chi connectivity index (χ3v) is 1.62. The van der Waals surface area contributed by atoms with Gasteiger partial charge >= 0.3 is 0 Å². The van der Waals surface area contributed by atoms with Crippen LogP contribution < -0.4 is 0 Å². The Morgan fingerprint density at radius 2 is 2.25 bits per heavy atom. The molecule has 5 heteroatoms. The summed E-state index contributed by atoms with van der Waals surface area (Å²) in [5.41, 5.74) is -3.69. The molecule has 12 heavy (non-hydrogen) atoms. The zero-order valence-electron chi connectivity index (χ0n) is 6.00. The van der Waals surface area contributed by atoms with Crippen molar-refractivity contribution in [2.45, 2.75) is 5.66 Å². The number of halogens is 2. The zero-order valence-corrected chi connectivity index (χ0v) is 7.15. The molecule has 2 nitrogen and oxygen atoms in total. The van der Waals surface area contributed by atoms with E-state index >= 15 is 0 Å². The molecule has 1 rings (SSSR count). The van der Waals surface area contributed by atoms with Crippen LogP contribution in [-0.4, -0.2) is 11.3 Å². The Morgan fingerprint density at radius 3 is 2.67 bits per heavy atom. The van der Waals surface area contributed by atoms with Crippen molar-refractivity contribution in [3.8, 4) is 0 Å². The highest BCUT2D eigenvalue weighted by Crippen LogP contribution is 2.35. The summed E-state index contributed by atoms with van der Waals surface area (Å²) in [4.78, 5) is 13.8. The van der Waals surface area contributed by atoms with Gasteiger partial charge in [-0.1, -0.05) is 9.24 Å². The lowest BCUT2D eigenvalue weighted by Gasteiger charge is -2.10. The van der Waals surface area contributed by atoms with E-state index in [9.17, 15) is 13.6 Å². The maximum Gasteiger partial charge on any atom is 0.286 e. The van der Waals surface area contributed by atoms with Crippen molar-refractivity contribution in [3.05, 3.63) is 29.6 Å². The van der Waals surface area contributed by atoms with Crippen molar-refractivity contribution >= 4 is 15.5 Å². The van der Waals surface area contributed by atoms with Crippen LogP contribution in [0, 0.1) is 0 Å². The van der Waals surface area contributed by atoms with Gasteiger partial charge in [-0.2, -0.15) is 8.78 Å². The highest BCUT2D eigenvalue weighted by molar-refractivity contribution is 7.17. The third kappa shape index (κ3) is 1.83. The Labute approximate surface area is 70.2 Å². The number of aldehydes is 1. The number of alkyl halides is 2. The minimum Gasteiger partial charge on any atom is -0.296 e. The van der Waals surface area contributed by atoms with Gasteiger partial charge < -0.3 is 0 Å². The molecule has 0 aliphatic rings. The molecule has 0 N–H and O–H groups in total. The van der Waals surface area contributed by atoms with Gasteiger partial charge in [0.25, 0.3) is 5.66 Å². The molecule has 1 aromatic rings. The Kier molecular flexibility index (Phi) is 2.48. The maximum atomic E-state index is 12.7. The monoisotopic (exact) mass is 189 g/mol. The van der Waals surface area contributed by atoms with E-state index in [0.717, 1.165) is 0 Å². The normalized spacial score (nSPS) is 11.2. The molecule has 0 amide bonds. The highest BCUT2D eigenvalue weighted by Gasteiger charge is 2.27. The van der Waals surface area contributed by atoms with Gasteiger partial charge in [0.05, 0.1) is 5.56 Å². The van der Waals surface area contributed by atoms with Crippen LogP contribution in [-0.2, 0) is 5.66 Å². The summed E-state index contributed by atoms with van der Waals surface area (Å²) in [6.45, 7) is 0. The second kappa shape index (κ2) is 3.23. The molecule has 64 valence electrons. The van der Waals surface area contributed by atoms with Crippen LogP contribution in [0.1, 0.15) is 16.1 Å². The number of nitrogens with zero attached hydrogens (tertiary/aromatic N) is 1. The second-order valence-electron chi connectivity index (χ2n) is 2.18. The van der Waals surface area contributed by atoms with Crippen LogP contribution in [0.5, 0.6) is 0 Å². The van der Waals surface area contributed by atoms with Crippen molar-refractivity contribution < 1.29 is 13.6 Å². The summed E-state index contributed by atoms with van der Waals surface area (Å²) in [5, 5.41) is 0. The number of hydrogen-bond acceptors (Lipinski definition) is 2. The number of carbonyl (C=O) groups excluding carboxylic acids is 1. The Balaban J connectivity index is 3.23. The number of carbonyl (C=O) groups is 1. The van der Waals surface area contributed by atoms with E-state index in [1.165, 1.54) is 27.6 Å². The Morgan fingerprint density at radius 1 is 1.58 bits per heavy atom. The van der Waals surface area contributed by atoms with Gasteiger partial charge in [0.1, 0.15) is 5.69 Å². The van der Waals surface area contributed by atoms with E-state index in [2.05, 4.69) is 4.98 Å². The predicted molar refractivity (Wildman–Crippen MR) is 43.2 cm³/mol. The van der Waals surface area contributed by atoms with Gasteiger partial charge in [-0.25, -0.2) is 0 Å². The van der Waals surface area contributed by atoms with E-state index in [-0.39, 0.29) is 11.3 Å². The van der Waals surface area contributed by atoms with Crippen molar-refractivity contribution in [3.63, 3.8) is 0 Å². The maximum absolute atomic E-state index is 12.7. The highest BCUT2D eigenvalue weighted by atomic mass is 31.0. The lowest BCUT2D eigenvalue weighted by atomic mass is 10.2. The molecule has 0 spiro atoms. The number of pyridine rings is 1. The van der Waals surface area contributed by atoms with Crippen LogP contribution in [0.4, 0.5) is 8.78 Å². The standard InChI is InChI=1S/C7H6F2NOP/c8-7(9,12)5-2-1-3-10-6(5)4-11/h1-4H,12H2. The average Bonchev–Trinajstić information content (AvgIpc) is 2.03. The first-order chi connectivity index (χ1) is 5.55. The van der Waals surface area contributed by atoms with E-state index in [1.54, 1.807) is 0 Å². The lowest BCUT2D eigenvalue weighted by molar-refractivity contribution is 0.0980. The molecular weight excluding hydrogens is 183 g/mol. The summed E-state index contributed by atoms with van der Waals surface area (Å²) in [5.74, 6) is 0. The van der Waals surface area contributed by atoms with Crippen molar-refractivity contribution in [2.75, 3.05) is 0 Å². The third-order valence-electron chi connectivity index (χ3n) is 1.31. The van der Waals surface area contributed by atoms with E-state index in [1.807, 2.05) is 0 Å². The van der Waals surface area contributed by atoms with Crippen LogP contribution >= 0.6 is 9.24 Å². The van der Waals surface area contributed by atoms with Crippen molar-refractivity contribution in [1.29, 1.82) is 0 Å². The van der Waals surface area contributed by atoms with Gasteiger partial charge in [-0.15, -0.1) is 0 Å². The van der Waals surface area contributed by atoms with Gasteiger partial charge in [0.2, 0.25) is 0 Å². The molecule has 0 saturated carbocycles. The number of aromatic nitrogens is 1. The Bertz CT molecular complexity index is 298. The van der Waals surface area contributed by atoms with Gasteiger partial charge in [0.15, 0.2) is 6.29 Å². The fraction of sp³-hybridized carbons (Fsp3) is 0.143. The largest absolute Gasteiger partial charge is 0.296 e. The molecule has 1 heterocycles. The molecule has 0 radical (unpaired) electrons. The average molecular weight is 189 g/mol. The van der Waals surface area contributed by atoms with Gasteiger partial charge in [-0.3, -0.25) is 9.78 Å². The van der Waals surface area contributed by atoms with Crippen LogP contribution in [0.15, 0.2) is 18.3 Å². The summed E-state index contributed by atoms with van der Waals surface area (Å²) in [7, 11) is 1.36. The zero-order chi connectivity index (χ0) is 9.19.